The van der Waals surface area contributed by atoms with Gasteiger partial charge >= 0.3 is 0 Å². The number of hydrogen-bond donors (Lipinski definition) is 2. The van der Waals surface area contributed by atoms with Crippen LogP contribution in [0.1, 0.15) is 47.7 Å². The number of sulfonamides is 1. The van der Waals surface area contributed by atoms with Crippen LogP contribution in [0.25, 0.3) is 11.1 Å². The largest absolute Gasteiger partial charge is 0.507 e. The monoisotopic (exact) mass is 576 g/mol. The Labute approximate surface area is 241 Å². The summed E-state index contributed by atoms with van der Waals surface area (Å²) in [4.78, 5) is 4.69. The van der Waals surface area contributed by atoms with Crippen molar-refractivity contribution in [3.63, 3.8) is 0 Å². The summed E-state index contributed by atoms with van der Waals surface area (Å²) < 4.78 is 39.2. The Morgan fingerprint density at radius 1 is 1.07 bits per heavy atom. The minimum absolute atomic E-state index is 0.207. The predicted octanol–water partition coefficient (Wildman–Crippen LogP) is 5.35. The number of oxazole rings is 1. The summed E-state index contributed by atoms with van der Waals surface area (Å²) in [5.74, 6) is 2.00. The van der Waals surface area contributed by atoms with Crippen LogP contribution in [0.15, 0.2) is 77.2 Å². The number of aliphatic hydroxyl groups excluding tert-OH is 1. The molecule has 9 heteroatoms. The Morgan fingerprint density at radius 3 is 2.49 bits per heavy atom. The summed E-state index contributed by atoms with van der Waals surface area (Å²) in [5.41, 5.74) is 3.44. The van der Waals surface area contributed by atoms with Crippen LogP contribution in [0.2, 0.25) is 0 Å². The van der Waals surface area contributed by atoms with Crippen molar-refractivity contribution in [3.05, 3.63) is 101 Å². The molecule has 0 spiro atoms. The fourth-order valence-electron chi connectivity index (χ4n) is 5.96. The fourth-order valence-corrected chi connectivity index (χ4v) is 7.07. The van der Waals surface area contributed by atoms with Crippen LogP contribution in [0.3, 0.4) is 0 Å². The number of hydrogen-bond acceptors (Lipinski definition) is 7. The molecule has 41 heavy (non-hydrogen) atoms. The molecule has 1 heterocycles. The van der Waals surface area contributed by atoms with Crippen LogP contribution in [0.4, 0.5) is 0 Å². The second-order valence-electron chi connectivity index (χ2n) is 10.9. The van der Waals surface area contributed by atoms with Gasteiger partial charge in [-0.15, -0.1) is 0 Å². The van der Waals surface area contributed by atoms with E-state index in [-0.39, 0.29) is 24.9 Å². The van der Waals surface area contributed by atoms with Gasteiger partial charge in [0.25, 0.3) is 0 Å². The van der Waals surface area contributed by atoms with Crippen molar-refractivity contribution in [3.8, 4) is 22.6 Å². The number of methoxy groups -OCH3 is 1. The van der Waals surface area contributed by atoms with E-state index in [4.69, 9.17) is 14.1 Å². The number of nitrogens with zero attached hydrogens (tertiary/aromatic N) is 2. The predicted molar refractivity (Wildman–Crippen MR) is 157 cm³/mol. The summed E-state index contributed by atoms with van der Waals surface area (Å²) >= 11 is 0. The van der Waals surface area contributed by atoms with Gasteiger partial charge < -0.3 is 19.4 Å². The molecule has 1 aromatic heterocycles. The molecule has 1 saturated carbocycles. The Kier molecular flexibility index (Phi) is 8.22. The summed E-state index contributed by atoms with van der Waals surface area (Å²) in [7, 11) is -1.94. The molecule has 2 N–H and O–H groups in total. The van der Waals surface area contributed by atoms with Gasteiger partial charge in [-0.1, -0.05) is 54.6 Å². The van der Waals surface area contributed by atoms with Crippen molar-refractivity contribution in [2.75, 3.05) is 13.4 Å². The molecule has 0 radical (unpaired) electrons. The van der Waals surface area contributed by atoms with Crippen molar-refractivity contribution in [1.29, 1.82) is 0 Å². The van der Waals surface area contributed by atoms with E-state index in [9.17, 15) is 18.6 Å². The van der Waals surface area contributed by atoms with E-state index >= 15 is 0 Å². The number of aryl methyl sites for hydroxylation is 1. The number of ether oxygens (including phenoxy) is 1. The van der Waals surface area contributed by atoms with Crippen LogP contribution < -0.4 is 4.74 Å². The first kappa shape index (κ1) is 28.9. The maximum absolute atomic E-state index is 13.1. The smallest absolute Gasteiger partial charge is 0.211 e. The van der Waals surface area contributed by atoms with Gasteiger partial charge in [-0.25, -0.2) is 13.4 Å². The normalized spacial score (nSPS) is 19.1. The number of aliphatic hydroxyl groups is 1. The van der Waals surface area contributed by atoms with Crippen LogP contribution in [-0.2, 0) is 35.0 Å². The van der Waals surface area contributed by atoms with Crippen molar-refractivity contribution in [2.24, 2.45) is 0 Å². The van der Waals surface area contributed by atoms with E-state index in [1.807, 2.05) is 54.6 Å². The van der Waals surface area contributed by atoms with Gasteiger partial charge in [0, 0.05) is 18.2 Å². The second kappa shape index (κ2) is 11.7. The zero-order chi connectivity index (χ0) is 29.2. The first-order valence-electron chi connectivity index (χ1n) is 13.7. The molecule has 1 fully saturated rings. The molecule has 0 unspecified atom stereocenters. The molecule has 0 amide bonds. The molecule has 0 aliphatic heterocycles. The summed E-state index contributed by atoms with van der Waals surface area (Å²) in [5, 5.41) is 20.3. The van der Waals surface area contributed by atoms with Crippen molar-refractivity contribution >= 4 is 10.0 Å². The SMILES string of the molecule is COc1ccc(CN([C@H]2CC[C@](Cc3cccc(-c4ccccc4O)c3)(c3nc(CO)c(C)o3)C2)S(C)(=O)=O)cc1. The topological polar surface area (TPSA) is 113 Å². The maximum atomic E-state index is 13.1. The van der Waals surface area contributed by atoms with E-state index in [1.54, 1.807) is 30.5 Å². The highest BCUT2D eigenvalue weighted by atomic mass is 32.2. The number of benzene rings is 3. The van der Waals surface area contributed by atoms with Crippen LogP contribution >= 0.6 is 0 Å². The number of phenolic OH excluding ortho intramolecular Hbond substituents is 1. The van der Waals surface area contributed by atoms with Gasteiger partial charge in [0.15, 0.2) is 0 Å². The summed E-state index contributed by atoms with van der Waals surface area (Å²) in [6, 6.07) is 22.4. The van der Waals surface area contributed by atoms with E-state index in [2.05, 4.69) is 6.07 Å². The molecular weight excluding hydrogens is 540 g/mol. The van der Waals surface area contributed by atoms with Crippen molar-refractivity contribution < 1.29 is 27.8 Å². The Hall–Kier alpha value is -3.66. The van der Waals surface area contributed by atoms with Gasteiger partial charge in [0.2, 0.25) is 15.9 Å². The molecule has 8 nitrogen and oxygen atoms in total. The Morgan fingerprint density at radius 2 is 1.83 bits per heavy atom. The number of aromatic nitrogens is 1. The molecule has 4 aromatic rings. The minimum atomic E-state index is -3.54. The van der Waals surface area contributed by atoms with E-state index in [1.165, 1.54) is 6.26 Å². The molecule has 0 bridgehead atoms. The lowest BCUT2D eigenvalue weighted by atomic mass is 9.79. The number of para-hydroxylation sites is 1. The highest BCUT2D eigenvalue weighted by Crippen LogP contribution is 2.46. The third kappa shape index (κ3) is 6.17. The summed E-state index contributed by atoms with van der Waals surface area (Å²) in [6.45, 7) is 1.80. The van der Waals surface area contributed by atoms with Gasteiger partial charge in [0.05, 0.1) is 25.4 Å². The average Bonchev–Trinajstić information content (AvgIpc) is 3.56. The third-order valence-electron chi connectivity index (χ3n) is 8.09. The minimum Gasteiger partial charge on any atom is -0.507 e. The van der Waals surface area contributed by atoms with Gasteiger partial charge in [-0.05, 0) is 67.5 Å². The Balaban J connectivity index is 1.50. The lowest BCUT2D eigenvalue weighted by Crippen LogP contribution is -2.39. The molecule has 2 atom stereocenters. The van der Waals surface area contributed by atoms with Crippen LogP contribution in [0.5, 0.6) is 11.5 Å². The first-order chi connectivity index (χ1) is 19.6. The molecule has 1 aliphatic rings. The zero-order valence-electron chi connectivity index (χ0n) is 23.6. The van der Waals surface area contributed by atoms with Gasteiger partial charge in [0.1, 0.15) is 23.0 Å². The molecular formula is C32H36N2O6S. The highest BCUT2D eigenvalue weighted by molar-refractivity contribution is 7.88. The highest BCUT2D eigenvalue weighted by Gasteiger charge is 2.48. The fraction of sp³-hybridized carbons (Fsp3) is 0.344. The van der Waals surface area contributed by atoms with E-state index in [0.29, 0.717) is 48.8 Å². The molecule has 216 valence electrons. The Bertz CT molecular complexity index is 1620. The maximum Gasteiger partial charge on any atom is 0.211 e. The zero-order valence-corrected chi connectivity index (χ0v) is 24.4. The second-order valence-corrected chi connectivity index (χ2v) is 12.8. The standard InChI is InChI=1S/C32H36N2O6S/c1-22-29(21-35)33-31(40-22)32(18-24-7-6-8-25(17-24)28-9-4-5-10-30(28)36)16-15-26(19-32)34(41(3,37)38)20-23-11-13-27(39-2)14-12-23/h4-14,17,26,35-36H,15-16,18-21H2,1-3H3/t26-,32+/m0/s1. The van der Waals surface area contributed by atoms with Gasteiger partial charge in [-0.2, -0.15) is 4.31 Å². The van der Waals surface area contributed by atoms with E-state index in [0.717, 1.165) is 22.3 Å². The van der Waals surface area contributed by atoms with Gasteiger partial charge in [-0.3, -0.25) is 0 Å². The van der Waals surface area contributed by atoms with Crippen LogP contribution in [0, 0.1) is 6.92 Å². The number of rotatable bonds is 10. The lowest BCUT2D eigenvalue weighted by Gasteiger charge is -2.30. The molecule has 5 rings (SSSR count). The average molecular weight is 577 g/mol. The summed E-state index contributed by atoms with van der Waals surface area (Å²) in [6.07, 6.45) is 3.64. The lowest BCUT2D eigenvalue weighted by molar-refractivity contribution is 0.273. The molecule has 1 aliphatic carbocycles. The first-order valence-corrected chi connectivity index (χ1v) is 15.5. The number of aromatic hydroxyl groups is 1. The third-order valence-corrected chi connectivity index (χ3v) is 9.37. The van der Waals surface area contributed by atoms with Crippen molar-refractivity contribution in [1.82, 2.24) is 9.29 Å². The van der Waals surface area contributed by atoms with Crippen LogP contribution in [-0.4, -0.2) is 47.3 Å². The van der Waals surface area contributed by atoms with Crippen molar-refractivity contribution in [2.45, 2.75) is 57.2 Å². The molecule has 0 saturated heterocycles. The molecule has 3 aromatic carbocycles. The van der Waals surface area contributed by atoms with E-state index < -0.39 is 15.4 Å². The quantitative estimate of drug-likeness (QED) is 0.262. The number of phenols is 1.